The molecule has 0 aliphatic heterocycles. The van der Waals surface area contributed by atoms with Crippen LogP contribution in [0.5, 0.6) is 0 Å². The molecule has 0 saturated heterocycles. The SMILES string of the molecule is CSc1ccccc1NC(=O)CN(C)C(=O)C(=O)c1c(C)nn(-c2ccccc2)c1C. The van der Waals surface area contributed by atoms with Crippen molar-refractivity contribution in [3.05, 3.63) is 71.5 Å². The number of nitrogens with one attached hydrogen (secondary N) is 1. The van der Waals surface area contributed by atoms with Gasteiger partial charge < -0.3 is 10.2 Å². The van der Waals surface area contributed by atoms with Crippen molar-refractivity contribution in [1.82, 2.24) is 14.7 Å². The van der Waals surface area contributed by atoms with E-state index in [0.717, 1.165) is 15.5 Å². The number of hydrogen-bond acceptors (Lipinski definition) is 5. The highest BCUT2D eigenvalue weighted by atomic mass is 32.2. The molecule has 0 fully saturated rings. The number of thioether (sulfide) groups is 1. The van der Waals surface area contributed by atoms with Crippen molar-refractivity contribution in [3.8, 4) is 5.69 Å². The average Bonchev–Trinajstić information content (AvgIpc) is 3.07. The molecule has 2 amide bonds. The average molecular weight is 437 g/mol. The van der Waals surface area contributed by atoms with Gasteiger partial charge in [-0.3, -0.25) is 14.4 Å². The number of ketones is 1. The second-order valence-corrected chi connectivity index (χ2v) is 7.88. The van der Waals surface area contributed by atoms with Crippen LogP contribution in [0.3, 0.4) is 0 Å². The van der Waals surface area contributed by atoms with Gasteiger partial charge in [0, 0.05) is 11.9 Å². The zero-order chi connectivity index (χ0) is 22.5. The van der Waals surface area contributed by atoms with Gasteiger partial charge in [-0.1, -0.05) is 30.3 Å². The first-order valence-electron chi connectivity index (χ1n) is 9.67. The first-order chi connectivity index (χ1) is 14.8. The highest BCUT2D eigenvalue weighted by Crippen LogP contribution is 2.24. The lowest BCUT2D eigenvalue weighted by molar-refractivity contribution is -0.129. The van der Waals surface area contributed by atoms with Gasteiger partial charge in [-0.25, -0.2) is 4.68 Å². The number of anilines is 1. The van der Waals surface area contributed by atoms with E-state index in [0.29, 0.717) is 17.1 Å². The molecule has 0 aliphatic rings. The Kier molecular flexibility index (Phi) is 6.91. The maximum atomic E-state index is 12.9. The molecule has 0 radical (unpaired) electrons. The number of rotatable bonds is 7. The van der Waals surface area contributed by atoms with Crippen LogP contribution in [0.25, 0.3) is 5.69 Å². The van der Waals surface area contributed by atoms with Gasteiger partial charge in [0.15, 0.2) is 0 Å². The van der Waals surface area contributed by atoms with Crippen LogP contribution in [-0.2, 0) is 9.59 Å². The Hall–Kier alpha value is -3.39. The monoisotopic (exact) mass is 436 g/mol. The predicted molar refractivity (Wildman–Crippen MR) is 122 cm³/mol. The van der Waals surface area contributed by atoms with Gasteiger partial charge >= 0.3 is 0 Å². The molecule has 1 aromatic heterocycles. The summed E-state index contributed by atoms with van der Waals surface area (Å²) in [6, 6.07) is 16.8. The lowest BCUT2D eigenvalue weighted by Gasteiger charge is -2.17. The maximum Gasteiger partial charge on any atom is 0.295 e. The molecule has 0 atom stereocenters. The lowest BCUT2D eigenvalue weighted by Crippen LogP contribution is -2.39. The molecule has 7 nitrogen and oxygen atoms in total. The zero-order valence-electron chi connectivity index (χ0n) is 17.9. The predicted octanol–water partition coefficient (Wildman–Crippen LogP) is 3.49. The summed E-state index contributed by atoms with van der Waals surface area (Å²) < 4.78 is 1.64. The molecule has 0 bridgehead atoms. The van der Waals surface area contributed by atoms with Crippen LogP contribution in [0.15, 0.2) is 59.5 Å². The molecular formula is C23H24N4O3S. The van der Waals surface area contributed by atoms with E-state index < -0.39 is 11.7 Å². The summed E-state index contributed by atoms with van der Waals surface area (Å²) in [6.07, 6.45) is 1.92. The number of Topliss-reactive ketones (excluding diaryl/α,β-unsaturated/α-hetero) is 1. The Morgan fingerprint density at radius 3 is 2.35 bits per heavy atom. The van der Waals surface area contributed by atoms with Crippen molar-refractivity contribution < 1.29 is 14.4 Å². The molecule has 3 rings (SSSR count). The summed E-state index contributed by atoms with van der Waals surface area (Å²) in [5.41, 5.74) is 2.77. The zero-order valence-corrected chi connectivity index (χ0v) is 18.7. The number of para-hydroxylation sites is 2. The molecule has 1 N–H and O–H groups in total. The normalized spacial score (nSPS) is 10.6. The molecule has 0 spiro atoms. The Bertz CT molecular complexity index is 1130. The minimum Gasteiger partial charge on any atom is -0.330 e. The minimum absolute atomic E-state index is 0.238. The van der Waals surface area contributed by atoms with Gasteiger partial charge in [-0.15, -0.1) is 11.8 Å². The maximum absolute atomic E-state index is 12.9. The third-order valence-corrected chi connectivity index (χ3v) is 5.62. The van der Waals surface area contributed by atoms with E-state index in [1.165, 1.54) is 18.8 Å². The van der Waals surface area contributed by atoms with Crippen molar-refractivity contribution >= 4 is 35.0 Å². The number of carbonyl (C=O) groups excluding carboxylic acids is 3. The van der Waals surface area contributed by atoms with Crippen LogP contribution in [-0.4, -0.2) is 52.1 Å². The van der Waals surface area contributed by atoms with Crippen LogP contribution in [0, 0.1) is 13.8 Å². The molecule has 0 aliphatic carbocycles. The summed E-state index contributed by atoms with van der Waals surface area (Å²) in [6.45, 7) is 3.21. The quantitative estimate of drug-likeness (QED) is 0.348. The van der Waals surface area contributed by atoms with Crippen LogP contribution in [0.4, 0.5) is 5.69 Å². The lowest BCUT2D eigenvalue weighted by atomic mass is 10.1. The topological polar surface area (TPSA) is 84.3 Å². The second kappa shape index (κ2) is 9.61. The van der Waals surface area contributed by atoms with Crippen LogP contribution in [0.1, 0.15) is 21.7 Å². The molecule has 8 heteroatoms. The first kappa shape index (κ1) is 22.3. The second-order valence-electron chi connectivity index (χ2n) is 7.03. The number of likely N-dealkylation sites (N-methyl/N-ethyl adjacent to an activating group) is 1. The minimum atomic E-state index is -0.757. The summed E-state index contributed by atoms with van der Waals surface area (Å²) in [4.78, 5) is 40.2. The smallest absolute Gasteiger partial charge is 0.295 e. The fraction of sp³-hybridized carbons (Fsp3) is 0.217. The number of nitrogens with zero attached hydrogens (tertiary/aromatic N) is 3. The van der Waals surface area contributed by atoms with Crippen molar-refractivity contribution in [1.29, 1.82) is 0 Å². The molecule has 0 unspecified atom stereocenters. The van der Waals surface area contributed by atoms with E-state index in [2.05, 4.69) is 10.4 Å². The number of carbonyl (C=O) groups is 3. The van der Waals surface area contributed by atoms with Gasteiger partial charge in [0.05, 0.1) is 34.9 Å². The van der Waals surface area contributed by atoms with Gasteiger partial charge in [0.2, 0.25) is 5.91 Å². The molecule has 2 aromatic carbocycles. The molecule has 31 heavy (non-hydrogen) atoms. The molecule has 3 aromatic rings. The van der Waals surface area contributed by atoms with Crippen molar-refractivity contribution in [2.24, 2.45) is 0 Å². The van der Waals surface area contributed by atoms with E-state index in [1.807, 2.05) is 54.8 Å². The van der Waals surface area contributed by atoms with E-state index in [4.69, 9.17) is 0 Å². The van der Waals surface area contributed by atoms with E-state index in [-0.39, 0.29) is 18.0 Å². The number of aryl methyl sites for hydroxylation is 1. The van der Waals surface area contributed by atoms with Crippen molar-refractivity contribution in [2.75, 3.05) is 25.2 Å². The number of benzene rings is 2. The largest absolute Gasteiger partial charge is 0.330 e. The fourth-order valence-corrected chi connectivity index (χ4v) is 3.85. The fourth-order valence-electron chi connectivity index (χ4n) is 3.30. The van der Waals surface area contributed by atoms with E-state index in [9.17, 15) is 14.4 Å². The van der Waals surface area contributed by atoms with Crippen LogP contribution >= 0.6 is 11.8 Å². The highest BCUT2D eigenvalue weighted by Gasteiger charge is 2.28. The summed E-state index contributed by atoms with van der Waals surface area (Å²) in [7, 11) is 1.44. The van der Waals surface area contributed by atoms with Crippen molar-refractivity contribution in [2.45, 2.75) is 18.7 Å². The molecule has 1 heterocycles. The van der Waals surface area contributed by atoms with Crippen LogP contribution in [0.2, 0.25) is 0 Å². The van der Waals surface area contributed by atoms with Gasteiger partial charge in [0.25, 0.3) is 11.7 Å². The third kappa shape index (κ3) is 4.86. The highest BCUT2D eigenvalue weighted by molar-refractivity contribution is 7.98. The summed E-state index contributed by atoms with van der Waals surface area (Å²) in [5, 5.41) is 7.22. The number of amides is 2. The van der Waals surface area contributed by atoms with Gasteiger partial charge in [0.1, 0.15) is 0 Å². The van der Waals surface area contributed by atoms with Gasteiger partial charge in [-0.2, -0.15) is 5.10 Å². The standard InChI is InChI=1S/C23H24N4O3S/c1-15-21(16(2)27(25-15)17-10-6-5-7-11-17)22(29)23(30)26(3)14-20(28)24-18-12-8-9-13-19(18)31-4/h5-13H,14H2,1-4H3,(H,24,28). The molecule has 0 saturated carbocycles. The number of hydrogen-bond donors (Lipinski definition) is 1. The third-order valence-electron chi connectivity index (χ3n) is 4.82. The van der Waals surface area contributed by atoms with Gasteiger partial charge in [-0.05, 0) is 44.4 Å². The Morgan fingerprint density at radius 1 is 1.03 bits per heavy atom. The Balaban J connectivity index is 1.73. The summed E-state index contributed by atoms with van der Waals surface area (Å²) in [5.74, 6) is -1.82. The number of aromatic nitrogens is 2. The van der Waals surface area contributed by atoms with E-state index in [1.54, 1.807) is 24.6 Å². The van der Waals surface area contributed by atoms with Crippen LogP contribution < -0.4 is 5.32 Å². The summed E-state index contributed by atoms with van der Waals surface area (Å²) >= 11 is 1.51. The molecule has 160 valence electrons. The molecular weight excluding hydrogens is 412 g/mol. The Morgan fingerprint density at radius 2 is 1.68 bits per heavy atom. The first-order valence-corrected chi connectivity index (χ1v) is 10.9. The van der Waals surface area contributed by atoms with Crippen molar-refractivity contribution in [3.63, 3.8) is 0 Å². The Labute approximate surface area is 185 Å². The van der Waals surface area contributed by atoms with E-state index >= 15 is 0 Å².